The number of amides is 1. The van der Waals surface area contributed by atoms with Gasteiger partial charge >= 0.3 is 5.97 Å². The summed E-state index contributed by atoms with van der Waals surface area (Å²) in [5.41, 5.74) is 5.09. The zero-order valence-electron chi connectivity index (χ0n) is 13.0. The van der Waals surface area contributed by atoms with Gasteiger partial charge in [0.25, 0.3) is 5.91 Å². The topological polar surface area (TPSA) is 107 Å². The minimum absolute atomic E-state index is 0.176. The number of H-pyrrole nitrogens is 1. The van der Waals surface area contributed by atoms with Crippen molar-refractivity contribution in [1.29, 1.82) is 0 Å². The number of thioether (sulfide) groups is 1. The Kier molecular flexibility index (Phi) is 5.10. The van der Waals surface area contributed by atoms with Crippen molar-refractivity contribution in [1.82, 2.24) is 15.4 Å². The van der Waals surface area contributed by atoms with Crippen LogP contribution in [0.1, 0.15) is 15.9 Å². The van der Waals surface area contributed by atoms with Gasteiger partial charge in [-0.1, -0.05) is 36.0 Å². The van der Waals surface area contributed by atoms with Gasteiger partial charge in [0.2, 0.25) is 0 Å². The van der Waals surface area contributed by atoms with Crippen LogP contribution in [0.25, 0.3) is 11.0 Å². The zero-order chi connectivity index (χ0) is 17.6. The first kappa shape index (κ1) is 16.7. The van der Waals surface area contributed by atoms with Gasteiger partial charge in [-0.25, -0.2) is 15.2 Å². The number of aromatic carboxylic acids is 1. The van der Waals surface area contributed by atoms with Gasteiger partial charge in [-0.15, -0.1) is 0 Å². The van der Waals surface area contributed by atoms with Gasteiger partial charge in [0, 0.05) is 0 Å². The van der Waals surface area contributed by atoms with Crippen molar-refractivity contribution >= 4 is 40.9 Å². The molecule has 25 heavy (non-hydrogen) atoms. The molecule has 0 spiro atoms. The van der Waals surface area contributed by atoms with E-state index in [1.54, 1.807) is 12.1 Å². The Bertz CT molecular complexity index is 901. The number of carboxylic acids is 1. The normalized spacial score (nSPS) is 11.0. The van der Waals surface area contributed by atoms with Crippen LogP contribution >= 0.6 is 11.8 Å². The van der Waals surface area contributed by atoms with E-state index in [-0.39, 0.29) is 17.2 Å². The Morgan fingerprint density at radius 2 is 1.96 bits per heavy atom. The molecule has 1 amide bonds. The lowest BCUT2D eigenvalue weighted by Gasteiger charge is -1.98. The van der Waals surface area contributed by atoms with Gasteiger partial charge in [0.1, 0.15) is 0 Å². The second-order valence-electron chi connectivity index (χ2n) is 5.07. The number of fused-ring (bicyclic) bond motifs is 1. The second-order valence-corrected chi connectivity index (χ2v) is 6.03. The molecule has 0 fully saturated rings. The summed E-state index contributed by atoms with van der Waals surface area (Å²) < 4.78 is 0. The van der Waals surface area contributed by atoms with Crippen molar-refractivity contribution in [2.24, 2.45) is 5.10 Å². The maximum absolute atomic E-state index is 11.8. The molecule has 2 aromatic carbocycles. The fourth-order valence-electron chi connectivity index (χ4n) is 2.05. The molecule has 0 bridgehead atoms. The maximum Gasteiger partial charge on any atom is 0.335 e. The van der Waals surface area contributed by atoms with Gasteiger partial charge in [-0.05, 0) is 29.8 Å². The summed E-state index contributed by atoms with van der Waals surface area (Å²) in [6.45, 7) is 0. The summed E-state index contributed by atoms with van der Waals surface area (Å²) in [6, 6.07) is 13.8. The lowest BCUT2D eigenvalue weighted by atomic mass is 10.1. The number of hydrogen-bond acceptors (Lipinski definition) is 5. The summed E-state index contributed by atoms with van der Waals surface area (Å²) in [5.74, 6) is -1.07. The largest absolute Gasteiger partial charge is 0.478 e. The van der Waals surface area contributed by atoms with Crippen LogP contribution in [-0.2, 0) is 4.79 Å². The molecule has 0 saturated carbocycles. The van der Waals surface area contributed by atoms with Gasteiger partial charge in [0.05, 0.1) is 28.6 Å². The second kappa shape index (κ2) is 7.63. The number of hydrogen-bond donors (Lipinski definition) is 3. The number of carboxylic acid groups (broad SMARTS) is 1. The summed E-state index contributed by atoms with van der Waals surface area (Å²) in [5, 5.41) is 13.3. The summed E-state index contributed by atoms with van der Waals surface area (Å²) >= 11 is 1.29. The molecule has 0 saturated heterocycles. The van der Waals surface area contributed by atoms with Gasteiger partial charge in [-0.3, -0.25) is 4.79 Å². The van der Waals surface area contributed by atoms with Crippen molar-refractivity contribution in [3.05, 3.63) is 59.7 Å². The number of benzene rings is 2. The van der Waals surface area contributed by atoms with Gasteiger partial charge < -0.3 is 10.1 Å². The zero-order valence-corrected chi connectivity index (χ0v) is 13.8. The molecular weight excluding hydrogens is 340 g/mol. The highest BCUT2D eigenvalue weighted by Gasteiger charge is 2.06. The third kappa shape index (κ3) is 4.45. The van der Waals surface area contributed by atoms with Crippen LogP contribution in [0.2, 0.25) is 0 Å². The molecule has 0 aliphatic carbocycles. The fraction of sp³-hybridized carbons (Fsp3) is 0.0588. The number of para-hydroxylation sites is 2. The maximum atomic E-state index is 11.8. The van der Waals surface area contributed by atoms with Crippen molar-refractivity contribution < 1.29 is 14.7 Å². The number of imidazole rings is 1. The van der Waals surface area contributed by atoms with E-state index in [0.717, 1.165) is 11.0 Å². The van der Waals surface area contributed by atoms with E-state index in [2.05, 4.69) is 20.5 Å². The first-order chi connectivity index (χ1) is 12.1. The third-order valence-electron chi connectivity index (χ3n) is 3.27. The van der Waals surface area contributed by atoms with Crippen LogP contribution in [0.5, 0.6) is 0 Å². The van der Waals surface area contributed by atoms with Crippen molar-refractivity contribution in [2.45, 2.75) is 5.16 Å². The smallest absolute Gasteiger partial charge is 0.335 e. The molecule has 0 unspecified atom stereocenters. The molecule has 3 aromatic rings. The van der Waals surface area contributed by atoms with E-state index in [0.29, 0.717) is 10.7 Å². The SMILES string of the molecule is O=C(CSc1nc2ccccc2[nH]1)NN=Cc1ccc(C(=O)O)cc1. The molecule has 0 atom stereocenters. The number of aromatic amines is 1. The summed E-state index contributed by atoms with van der Waals surface area (Å²) in [6.07, 6.45) is 1.45. The summed E-state index contributed by atoms with van der Waals surface area (Å²) in [4.78, 5) is 30.1. The summed E-state index contributed by atoms with van der Waals surface area (Å²) in [7, 11) is 0. The predicted molar refractivity (Wildman–Crippen MR) is 96.0 cm³/mol. The highest BCUT2D eigenvalue weighted by molar-refractivity contribution is 7.99. The monoisotopic (exact) mass is 354 g/mol. The lowest BCUT2D eigenvalue weighted by molar-refractivity contribution is -0.118. The average Bonchev–Trinajstić information content (AvgIpc) is 3.03. The average molecular weight is 354 g/mol. The molecule has 3 rings (SSSR count). The van der Waals surface area contributed by atoms with E-state index in [1.807, 2.05) is 24.3 Å². The number of nitrogens with zero attached hydrogens (tertiary/aromatic N) is 2. The standard InChI is InChI=1S/C17H14N4O3S/c22-15(10-25-17-19-13-3-1-2-4-14(13)20-17)21-18-9-11-5-7-12(8-6-11)16(23)24/h1-9H,10H2,(H,19,20)(H,21,22)(H,23,24). The van der Waals surface area contributed by atoms with E-state index < -0.39 is 5.97 Å². The molecule has 0 aliphatic heterocycles. The van der Waals surface area contributed by atoms with Crippen LogP contribution in [0.3, 0.4) is 0 Å². The van der Waals surface area contributed by atoms with Crippen LogP contribution < -0.4 is 5.43 Å². The van der Waals surface area contributed by atoms with Crippen LogP contribution in [0.4, 0.5) is 0 Å². The number of hydrazone groups is 1. The molecule has 0 aliphatic rings. The number of nitrogens with one attached hydrogen (secondary N) is 2. The first-order valence-corrected chi connectivity index (χ1v) is 8.33. The Balaban J connectivity index is 1.49. The molecule has 3 N–H and O–H groups in total. The van der Waals surface area contributed by atoms with Crippen molar-refractivity contribution in [3.63, 3.8) is 0 Å². The first-order valence-electron chi connectivity index (χ1n) is 7.34. The lowest BCUT2D eigenvalue weighted by Crippen LogP contribution is -2.19. The van der Waals surface area contributed by atoms with Crippen LogP contribution in [0.15, 0.2) is 58.8 Å². The molecule has 7 nitrogen and oxygen atoms in total. The van der Waals surface area contributed by atoms with Crippen LogP contribution in [-0.4, -0.2) is 38.9 Å². The fourth-order valence-corrected chi connectivity index (χ4v) is 2.73. The van der Waals surface area contributed by atoms with Gasteiger partial charge in [0.15, 0.2) is 5.16 Å². The molecular formula is C17H14N4O3S. The number of carbonyl (C=O) groups excluding carboxylic acids is 1. The predicted octanol–water partition coefficient (Wildman–Crippen LogP) is 2.50. The van der Waals surface area contributed by atoms with Crippen molar-refractivity contribution in [3.8, 4) is 0 Å². The molecule has 1 heterocycles. The number of carbonyl (C=O) groups is 2. The van der Waals surface area contributed by atoms with E-state index in [1.165, 1.54) is 30.1 Å². The van der Waals surface area contributed by atoms with Gasteiger partial charge in [-0.2, -0.15) is 5.10 Å². The minimum atomic E-state index is -0.987. The highest BCUT2D eigenvalue weighted by Crippen LogP contribution is 2.18. The Hall–Kier alpha value is -3.13. The Morgan fingerprint density at radius 1 is 1.20 bits per heavy atom. The minimum Gasteiger partial charge on any atom is -0.478 e. The van der Waals surface area contributed by atoms with Crippen molar-refractivity contribution in [2.75, 3.05) is 5.75 Å². The molecule has 0 radical (unpaired) electrons. The van der Waals surface area contributed by atoms with E-state index in [9.17, 15) is 9.59 Å². The van der Waals surface area contributed by atoms with E-state index >= 15 is 0 Å². The van der Waals surface area contributed by atoms with Crippen LogP contribution in [0, 0.1) is 0 Å². The quantitative estimate of drug-likeness (QED) is 0.358. The number of rotatable bonds is 6. The number of aromatic nitrogens is 2. The third-order valence-corrected chi connectivity index (χ3v) is 4.14. The highest BCUT2D eigenvalue weighted by atomic mass is 32.2. The Morgan fingerprint density at radius 3 is 2.68 bits per heavy atom. The van der Waals surface area contributed by atoms with E-state index in [4.69, 9.17) is 5.11 Å². The molecule has 1 aromatic heterocycles. The Labute approximate surface area is 147 Å². The molecule has 126 valence electrons. The molecule has 8 heteroatoms.